The first kappa shape index (κ1) is 11.9. The number of aliphatic imine (C=N–C) groups is 1. The van der Waals surface area contributed by atoms with Gasteiger partial charge >= 0.3 is 5.97 Å². The Morgan fingerprint density at radius 2 is 2.20 bits per heavy atom. The first-order valence-corrected chi connectivity index (χ1v) is 5.82. The Hall–Kier alpha value is -1.21. The van der Waals surface area contributed by atoms with Crippen molar-refractivity contribution in [3.63, 3.8) is 0 Å². The molecule has 0 aromatic carbocycles. The second kappa shape index (κ2) is 4.11. The molecule has 0 saturated heterocycles. The number of nitrogens with one attached hydrogen (secondary N) is 1. The average Bonchev–Trinajstić information content (AvgIpc) is 2.37. The summed E-state index contributed by atoms with van der Waals surface area (Å²) in [4.78, 5) is 13.9. The van der Waals surface area contributed by atoms with Crippen LogP contribution in [-0.2, 0) is 14.6 Å². The van der Waals surface area contributed by atoms with E-state index in [0.717, 1.165) is 6.20 Å². The van der Waals surface area contributed by atoms with Gasteiger partial charge in [-0.15, -0.1) is 0 Å². The Kier molecular flexibility index (Phi) is 3.25. The van der Waals surface area contributed by atoms with Gasteiger partial charge in [0.1, 0.15) is 0 Å². The molecule has 1 aliphatic rings. The van der Waals surface area contributed by atoms with E-state index >= 15 is 0 Å². The van der Waals surface area contributed by atoms with Gasteiger partial charge in [-0.05, 0) is 0 Å². The highest BCUT2D eigenvalue weighted by Gasteiger charge is 2.34. The van der Waals surface area contributed by atoms with Crippen LogP contribution < -0.4 is 5.32 Å². The molecule has 0 radical (unpaired) electrons. The summed E-state index contributed by atoms with van der Waals surface area (Å²) in [7, 11) is -3.87. The lowest BCUT2D eigenvalue weighted by molar-refractivity contribution is -0.129. The number of rotatable bonds is 4. The maximum atomic E-state index is 11.5. The van der Waals surface area contributed by atoms with Crippen LogP contribution in [0.5, 0.6) is 0 Å². The summed E-state index contributed by atoms with van der Waals surface area (Å²) in [6, 6.07) is 0.120. The highest BCUT2D eigenvalue weighted by molar-refractivity contribution is 8.11. The van der Waals surface area contributed by atoms with E-state index in [-0.39, 0.29) is 17.5 Å². The predicted octanol–water partition coefficient (Wildman–Crippen LogP) is -0.263. The molecule has 2 N–H and O–H groups in total. The molecule has 0 saturated carbocycles. The molecule has 0 aromatic heterocycles. The smallest absolute Gasteiger partial charge is 0.366 e. The second-order valence-electron chi connectivity index (χ2n) is 3.37. The molecule has 7 heteroatoms. The van der Waals surface area contributed by atoms with Gasteiger partial charge in [-0.2, -0.15) is 0 Å². The minimum absolute atomic E-state index is 0.00593. The van der Waals surface area contributed by atoms with E-state index in [1.807, 2.05) is 13.8 Å². The fraction of sp³-hybridized carbons (Fsp3) is 0.500. The Labute approximate surface area is 87.6 Å². The summed E-state index contributed by atoms with van der Waals surface area (Å²) in [5.41, 5.74) is 0. The zero-order valence-corrected chi connectivity index (χ0v) is 9.21. The number of aliphatic carboxylic acids is 1. The summed E-state index contributed by atoms with van der Waals surface area (Å²) in [6.07, 6.45) is 1.08. The molecule has 1 rings (SSSR count). The van der Waals surface area contributed by atoms with E-state index in [9.17, 15) is 13.2 Å². The van der Waals surface area contributed by atoms with Crippen LogP contribution in [0.15, 0.2) is 16.1 Å². The van der Waals surface area contributed by atoms with E-state index < -0.39 is 20.9 Å². The van der Waals surface area contributed by atoms with Gasteiger partial charge in [0.05, 0.1) is 4.91 Å². The zero-order chi connectivity index (χ0) is 11.6. The van der Waals surface area contributed by atoms with Gasteiger partial charge in [0.2, 0.25) is 14.9 Å². The second-order valence-corrected chi connectivity index (χ2v) is 5.29. The van der Waals surface area contributed by atoms with Crippen LogP contribution in [0.2, 0.25) is 0 Å². The van der Waals surface area contributed by atoms with Crippen LogP contribution in [-0.4, -0.2) is 37.1 Å². The third-order valence-electron chi connectivity index (χ3n) is 1.79. The molecule has 0 bridgehead atoms. The largest absolute Gasteiger partial charge is 0.476 e. The molecule has 0 aliphatic carbocycles. The lowest BCUT2D eigenvalue weighted by Gasteiger charge is -2.08. The molecular weight excluding hydrogens is 220 g/mol. The van der Waals surface area contributed by atoms with Crippen LogP contribution in [0.25, 0.3) is 0 Å². The van der Waals surface area contributed by atoms with Gasteiger partial charge in [0.25, 0.3) is 0 Å². The lowest BCUT2D eigenvalue weighted by Crippen LogP contribution is -2.30. The van der Waals surface area contributed by atoms with E-state index in [0.29, 0.717) is 0 Å². The number of carbonyl (C=O) groups is 1. The molecule has 1 aliphatic heterocycles. The monoisotopic (exact) mass is 232 g/mol. The van der Waals surface area contributed by atoms with E-state index in [4.69, 9.17) is 5.11 Å². The van der Waals surface area contributed by atoms with Crippen LogP contribution in [0.1, 0.15) is 13.8 Å². The Balaban J connectivity index is 2.80. The van der Waals surface area contributed by atoms with Gasteiger partial charge in [-0.3, -0.25) is 0 Å². The maximum Gasteiger partial charge on any atom is 0.366 e. The Bertz CT molecular complexity index is 434. The van der Waals surface area contributed by atoms with E-state index in [1.165, 1.54) is 0 Å². The predicted molar refractivity (Wildman–Crippen MR) is 55.2 cm³/mol. The molecule has 84 valence electrons. The Morgan fingerprint density at radius 3 is 2.60 bits per heavy atom. The first-order chi connectivity index (χ1) is 6.85. The molecule has 0 atom stereocenters. The van der Waals surface area contributed by atoms with Crippen molar-refractivity contribution in [3.05, 3.63) is 11.1 Å². The van der Waals surface area contributed by atoms with E-state index in [1.54, 1.807) is 0 Å². The number of carboxylic acids is 1. The highest BCUT2D eigenvalue weighted by atomic mass is 32.2. The van der Waals surface area contributed by atoms with Gasteiger partial charge in [0.15, 0.2) is 0 Å². The van der Waals surface area contributed by atoms with Crippen molar-refractivity contribution in [1.29, 1.82) is 0 Å². The Morgan fingerprint density at radius 1 is 1.60 bits per heavy atom. The van der Waals surface area contributed by atoms with Crippen molar-refractivity contribution in [2.45, 2.75) is 19.9 Å². The van der Waals surface area contributed by atoms with Gasteiger partial charge in [0, 0.05) is 18.8 Å². The third kappa shape index (κ3) is 2.42. The van der Waals surface area contributed by atoms with Gasteiger partial charge in [-0.25, -0.2) is 18.2 Å². The van der Waals surface area contributed by atoms with Crippen molar-refractivity contribution in [3.8, 4) is 0 Å². The molecule has 1 heterocycles. The molecule has 0 spiro atoms. The summed E-state index contributed by atoms with van der Waals surface area (Å²) >= 11 is 0. The topological polar surface area (TPSA) is 95.8 Å². The molecular formula is C8H12N2O4S. The van der Waals surface area contributed by atoms with Crippen molar-refractivity contribution < 1.29 is 18.3 Å². The minimum atomic E-state index is -3.87. The van der Waals surface area contributed by atoms with Crippen LogP contribution in [0.4, 0.5) is 0 Å². The van der Waals surface area contributed by atoms with Crippen LogP contribution in [0, 0.1) is 0 Å². The molecule has 0 amide bonds. The number of hydrogen-bond acceptors (Lipinski definition) is 5. The summed E-state index contributed by atoms with van der Waals surface area (Å²) < 4.78 is 23.1. The SMILES string of the molecule is CC(C)NCC1=CN=C(C(=O)O)S1(=O)=O. The van der Waals surface area contributed by atoms with Crippen molar-refractivity contribution in [1.82, 2.24) is 5.32 Å². The fourth-order valence-electron chi connectivity index (χ4n) is 1.01. The summed E-state index contributed by atoms with van der Waals surface area (Å²) in [5, 5.41) is 10.7. The van der Waals surface area contributed by atoms with Crippen molar-refractivity contribution >= 4 is 20.9 Å². The molecule has 0 unspecified atom stereocenters. The quantitative estimate of drug-likeness (QED) is 0.696. The lowest BCUT2D eigenvalue weighted by atomic mass is 10.4. The normalized spacial score (nSPS) is 18.9. The number of sulfone groups is 1. The van der Waals surface area contributed by atoms with Crippen molar-refractivity contribution in [2.24, 2.45) is 4.99 Å². The van der Waals surface area contributed by atoms with Gasteiger partial charge < -0.3 is 10.4 Å². The first-order valence-electron chi connectivity index (χ1n) is 4.34. The van der Waals surface area contributed by atoms with Crippen molar-refractivity contribution in [2.75, 3.05) is 6.54 Å². The summed E-state index contributed by atoms with van der Waals surface area (Å²) in [6.45, 7) is 3.82. The molecule has 15 heavy (non-hydrogen) atoms. The maximum absolute atomic E-state index is 11.5. The van der Waals surface area contributed by atoms with E-state index in [2.05, 4.69) is 10.3 Å². The zero-order valence-electron chi connectivity index (χ0n) is 8.39. The number of nitrogens with zero attached hydrogens (tertiary/aromatic N) is 1. The van der Waals surface area contributed by atoms with Crippen LogP contribution >= 0.6 is 0 Å². The standard InChI is InChI=1S/C8H12N2O4S/c1-5(2)9-3-6-4-10-7(8(11)12)15(6,13)14/h4-5,9H,3H2,1-2H3,(H,11,12). The third-order valence-corrected chi connectivity index (χ3v) is 3.52. The molecule has 0 aromatic rings. The fourth-order valence-corrected chi connectivity index (χ4v) is 2.14. The number of hydrogen-bond donors (Lipinski definition) is 2. The highest BCUT2D eigenvalue weighted by Crippen LogP contribution is 2.16. The molecule has 0 fully saturated rings. The van der Waals surface area contributed by atoms with Gasteiger partial charge in [-0.1, -0.05) is 13.8 Å². The minimum Gasteiger partial charge on any atom is -0.476 e. The average molecular weight is 232 g/mol. The summed E-state index contributed by atoms with van der Waals surface area (Å²) in [5.74, 6) is -1.52. The molecule has 6 nitrogen and oxygen atoms in total. The number of carboxylic acid groups (broad SMARTS) is 1. The van der Waals surface area contributed by atoms with Crippen LogP contribution in [0.3, 0.4) is 0 Å².